The Morgan fingerprint density at radius 2 is 2.16 bits per heavy atom. The lowest BCUT2D eigenvalue weighted by atomic mass is 10.00. The summed E-state index contributed by atoms with van der Waals surface area (Å²) in [6.45, 7) is 5.31. The predicted octanol–water partition coefficient (Wildman–Crippen LogP) is 3.00. The number of anilines is 1. The molecule has 1 atom stereocenters. The van der Waals surface area contributed by atoms with E-state index in [1.807, 2.05) is 19.2 Å². The van der Waals surface area contributed by atoms with Gasteiger partial charge in [-0.3, -0.25) is 0 Å². The van der Waals surface area contributed by atoms with Crippen molar-refractivity contribution < 1.29 is 9.84 Å². The Balaban J connectivity index is 1.97. The van der Waals surface area contributed by atoms with Crippen molar-refractivity contribution in [1.29, 1.82) is 0 Å². The molecule has 1 unspecified atom stereocenters. The van der Waals surface area contributed by atoms with Crippen LogP contribution in [0.1, 0.15) is 19.3 Å². The smallest absolute Gasteiger partial charge is 0.188 e. The maximum Gasteiger partial charge on any atom is 0.188 e. The number of nitrogens with one attached hydrogen (secondary N) is 1. The summed E-state index contributed by atoms with van der Waals surface area (Å²) in [5.41, 5.74) is 6.99. The fraction of sp³-hybridized carbons (Fsp3) is 0.368. The topological polar surface area (TPSA) is 93.3 Å². The number of allylic oxidation sites excluding steroid dienone is 1. The molecule has 1 heterocycles. The molecule has 6 nitrogen and oxygen atoms in total. The zero-order valence-electron chi connectivity index (χ0n) is 14.6. The molecular weight excluding hydrogens is 316 g/mol. The van der Waals surface area contributed by atoms with E-state index in [0.29, 0.717) is 29.5 Å². The van der Waals surface area contributed by atoms with Gasteiger partial charge in [0.2, 0.25) is 0 Å². The van der Waals surface area contributed by atoms with E-state index in [1.165, 1.54) is 0 Å². The molecule has 0 saturated heterocycles. The normalized spacial score (nSPS) is 11.9. The highest BCUT2D eigenvalue weighted by molar-refractivity contribution is 5.68. The molecule has 0 amide bonds. The summed E-state index contributed by atoms with van der Waals surface area (Å²) >= 11 is 0. The number of hydrogen-bond acceptors (Lipinski definition) is 6. The summed E-state index contributed by atoms with van der Waals surface area (Å²) in [5, 5.41) is 21.1. The fourth-order valence-corrected chi connectivity index (χ4v) is 2.70. The second-order valence-corrected chi connectivity index (χ2v) is 5.93. The number of aromatic hydroxyl groups is 1. The summed E-state index contributed by atoms with van der Waals surface area (Å²) in [5.74, 6) is 1.43. The zero-order valence-corrected chi connectivity index (χ0v) is 14.6. The lowest BCUT2D eigenvalue weighted by Gasteiger charge is -2.15. The molecule has 2 rings (SSSR count). The maximum absolute atomic E-state index is 9.95. The molecule has 2 aromatic rings. The van der Waals surface area contributed by atoms with Crippen molar-refractivity contribution >= 4 is 5.82 Å². The lowest BCUT2D eigenvalue weighted by Crippen LogP contribution is -2.19. The van der Waals surface area contributed by atoms with Gasteiger partial charge in [-0.15, -0.1) is 16.8 Å². The van der Waals surface area contributed by atoms with E-state index in [1.54, 1.807) is 24.3 Å². The average molecular weight is 342 g/mol. The van der Waals surface area contributed by atoms with E-state index in [-0.39, 0.29) is 11.6 Å². The number of benzene rings is 1. The van der Waals surface area contributed by atoms with Crippen molar-refractivity contribution in [3.05, 3.63) is 43.0 Å². The Bertz CT molecular complexity index is 691. The number of para-hydroxylation sites is 1. The van der Waals surface area contributed by atoms with Crippen LogP contribution >= 0.6 is 0 Å². The van der Waals surface area contributed by atoms with Crippen LogP contribution in [0.15, 0.2) is 43.0 Å². The van der Waals surface area contributed by atoms with Crippen LogP contribution in [0.25, 0.3) is 11.3 Å². The van der Waals surface area contributed by atoms with E-state index in [9.17, 15) is 5.11 Å². The van der Waals surface area contributed by atoms with Crippen LogP contribution < -0.4 is 15.8 Å². The molecule has 0 saturated carbocycles. The van der Waals surface area contributed by atoms with Crippen molar-refractivity contribution in [3.63, 3.8) is 0 Å². The van der Waals surface area contributed by atoms with Crippen LogP contribution in [0.5, 0.6) is 11.5 Å². The molecule has 1 aromatic carbocycles. The van der Waals surface area contributed by atoms with Gasteiger partial charge in [0, 0.05) is 11.6 Å². The van der Waals surface area contributed by atoms with Crippen molar-refractivity contribution in [2.45, 2.75) is 19.3 Å². The minimum Gasteiger partial charge on any atom is -0.507 e. The minimum atomic E-state index is 0.145. The maximum atomic E-state index is 9.95. The highest BCUT2D eigenvalue weighted by Crippen LogP contribution is 2.30. The summed E-state index contributed by atoms with van der Waals surface area (Å²) in [4.78, 5) is 0. The van der Waals surface area contributed by atoms with Crippen molar-refractivity contribution in [1.82, 2.24) is 15.5 Å². The fourth-order valence-electron chi connectivity index (χ4n) is 2.70. The Morgan fingerprint density at radius 1 is 1.36 bits per heavy atom. The molecule has 6 heteroatoms. The average Bonchev–Trinajstić information content (AvgIpc) is 2.61. The third-order valence-electron chi connectivity index (χ3n) is 3.97. The third-order valence-corrected chi connectivity index (χ3v) is 3.97. The number of hydrogen-bond donors (Lipinski definition) is 3. The van der Waals surface area contributed by atoms with Gasteiger partial charge in [0.25, 0.3) is 0 Å². The first-order valence-electron chi connectivity index (χ1n) is 8.45. The van der Waals surface area contributed by atoms with Crippen molar-refractivity contribution in [3.8, 4) is 22.8 Å². The molecule has 1 aromatic heterocycles. The molecule has 0 spiro atoms. The number of phenolic OH excluding ortho intramolecular Hbond substituents is 1. The van der Waals surface area contributed by atoms with E-state index in [4.69, 9.17) is 10.5 Å². The number of rotatable bonds is 10. The zero-order chi connectivity index (χ0) is 18.1. The molecule has 0 aliphatic carbocycles. The first kappa shape index (κ1) is 18.7. The number of nitrogens with two attached hydrogens (primary N) is 1. The van der Waals surface area contributed by atoms with Crippen LogP contribution in [0.4, 0.5) is 5.82 Å². The van der Waals surface area contributed by atoms with Gasteiger partial charge in [-0.25, -0.2) is 0 Å². The number of aromatic nitrogens is 2. The van der Waals surface area contributed by atoms with Gasteiger partial charge >= 0.3 is 0 Å². The van der Waals surface area contributed by atoms with Crippen LogP contribution in [-0.2, 0) is 0 Å². The van der Waals surface area contributed by atoms with Gasteiger partial charge in [0.15, 0.2) is 11.6 Å². The third kappa shape index (κ3) is 5.46. The SMILES string of the molecule is C=CCC(CCCOc1cc(-c2ccccc2O)nnc1N)CNC. The highest BCUT2D eigenvalue weighted by Gasteiger charge is 2.11. The summed E-state index contributed by atoms with van der Waals surface area (Å²) in [7, 11) is 1.95. The largest absolute Gasteiger partial charge is 0.507 e. The Kier molecular flexibility index (Phi) is 7.22. The molecule has 134 valence electrons. The summed E-state index contributed by atoms with van der Waals surface area (Å²) in [6.07, 6.45) is 4.88. The minimum absolute atomic E-state index is 0.145. The predicted molar refractivity (Wildman–Crippen MR) is 101 cm³/mol. The Morgan fingerprint density at radius 3 is 2.88 bits per heavy atom. The summed E-state index contributed by atoms with van der Waals surface area (Å²) in [6, 6.07) is 8.68. The van der Waals surface area contributed by atoms with E-state index < -0.39 is 0 Å². The first-order valence-corrected chi connectivity index (χ1v) is 8.45. The van der Waals surface area contributed by atoms with Crippen molar-refractivity contribution in [2.75, 3.05) is 25.9 Å². The number of nitrogens with zero attached hydrogens (tertiary/aromatic N) is 2. The van der Waals surface area contributed by atoms with Gasteiger partial charge in [0.1, 0.15) is 11.4 Å². The van der Waals surface area contributed by atoms with Gasteiger partial charge in [-0.2, -0.15) is 0 Å². The van der Waals surface area contributed by atoms with E-state index in [2.05, 4.69) is 22.1 Å². The second kappa shape index (κ2) is 9.64. The molecule has 0 radical (unpaired) electrons. The van der Waals surface area contributed by atoms with Crippen molar-refractivity contribution in [2.24, 2.45) is 5.92 Å². The van der Waals surface area contributed by atoms with Crippen LogP contribution in [0.2, 0.25) is 0 Å². The first-order chi connectivity index (χ1) is 12.2. The van der Waals surface area contributed by atoms with Gasteiger partial charge < -0.3 is 20.9 Å². The van der Waals surface area contributed by atoms with Gasteiger partial charge in [-0.1, -0.05) is 18.2 Å². The second-order valence-electron chi connectivity index (χ2n) is 5.93. The van der Waals surface area contributed by atoms with E-state index in [0.717, 1.165) is 25.8 Å². The standard InChI is InChI=1S/C19H26N4O2/c1-3-7-14(13-21-2)8-6-11-25-18-12-16(22-23-19(18)20)15-9-4-5-10-17(15)24/h3-5,9-10,12,14,21,24H,1,6-8,11,13H2,2H3,(H2,20,23). The quantitative estimate of drug-likeness (QED) is 0.454. The molecule has 0 aliphatic heterocycles. The highest BCUT2D eigenvalue weighted by atomic mass is 16.5. The Labute approximate surface area is 148 Å². The number of ether oxygens (including phenoxy) is 1. The molecule has 25 heavy (non-hydrogen) atoms. The molecule has 0 fully saturated rings. The molecular formula is C19H26N4O2. The molecule has 0 bridgehead atoms. The van der Waals surface area contributed by atoms with E-state index >= 15 is 0 Å². The number of phenols is 1. The monoisotopic (exact) mass is 342 g/mol. The van der Waals surface area contributed by atoms with Gasteiger partial charge in [0.05, 0.1) is 6.61 Å². The number of nitrogen functional groups attached to an aromatic ring is 1. The van der Waals surface area contributed by atoms with Crippen LogP contribution in [0.3, 0.4) is 0 Å². The molecule has 0 aliphatic rings. The van der Waals surface area contributed by atoms with Gasteiger partial charge in [-0.05, 0) is 50.9 Å². The summed E-state index contributed by atoms with van der Waals surface area (Å²) < 4.78 is 5.79. The van der Waals surface area contributed by atoms with Crippen LogP contribution in [0, 0.1) is 5.92 Å². The lowest BCUT2D eigenvalue weighted by molar-refractivity contribution is 0.291. The molecule has 4 N–H and O–H groups in total. The van der Waals surface area contributed by atoms with Crippen LogP contribution in [-0.4, -0.2) is 35.5 Å². The Hall–Kier alpha value is -2.60.